The highest BCUT2D eigenvalue weighted by Crippen LogP contribution is 2.29. The minimum Gasteiger partial charge on any atom is -0.493 e. The molecule has 6 heteroatoms. The molecule has 3 aromatic rings. The van der Waals surface area contributed by atoms with Crippen LogP contribution in [-0.2, 0) is 17.8 Å². The van der Waals surface area contributed by atoms with E-state index in [1.807, 2.05) is 51.9 Å². The number of hydrogen-bond acceptors (Lipinski definition) is 4. The summed E-state index contributed by atoms with van der Waals surface area (Å²) in [4.78, 5) is 19.5. The Balaban J connectivity index is 1.67. The van der Waals surface area contributed by atoms with E-state index >= 15 is 0 Å². The van der Waals surface area contributed by atoms with Crippen LogP contribution in [0.2, 0.25) is 0 Å². The summed E-state index contributed by atoms with van der Waals surface area (Å²) < 4.78 is 12.8. The van der Waals surface area contributed by atoms with Crippen LogP contribution in [0.4, 0.5) is 0 Å². The Hall–Kier alpha value is -3.02. The van der Waals surface area contributed by atoms with Crippen molar-refractivity contribution < 1.29 is 14.3 Å². The molecule has 1 aliphatic heterocycles. The number of ether oxygens (including phenoxy) is 2. The molecule has 1 saturated heterocycles. The molecule has 1 amide bonds. The summed E-state index contributed by atoms with van der Waals surface area (Å²) in [6, 6.07) is 13.8. The molecule has 2 heterocycles. The first-order chi connectivity index (χ1) is 13.7. The summed E-state index contributed by atoms with van der Waals surface area (Å²) in [6.07, 6.45) is 2.80. The number of methoxy groups -OCH3 is 2. The van der Waals surface area contributed by atoms with Crippen molar-refractivity contribution in [2.75, 3.05) is 27.3 Å². The van der Waals surface area contributed by atoms with Gasteiger partial charge in [-0.25, -0.2) is 4.98 Å². The first kappa shape index (κ1) is 18.3. The fourth-order valence-corrected chi connectivity index (χ4v) is 3.81. The van der Waals surface area contributed by atoms with Crippen molar-refractivity contribution in [1.29, 1.82) is 0 Å². The number of hydrogen-bond donors (Lipinski definition) is 0. The number of amides is 1. The molecule has 6 nitrogen and oxygen atoms in total. The average Bonchev–Trinajstić information content (AvgIpc) is 3.37. The number of likely N-dealkylation sites (tertiary alicyclic amines) is 1. The van der Waals surface area contributed by atoms with Crippen molar-refractivity contribution >= 4 is 16.9 Å². The molecule has 0 atom stereocenters. The second-order valence-corrected chi connectivity index (χ2v) is 7.06. The van der Waals surface area contributed by atoms with Gasteiger partial charge in [0.15, 0.2) is 11.5 Å². The van der Waals surface area contributed by atoms with Gasteiger partial charge in [-0.2, -0.15) is 0 Å². The van der Waals surface area contributed by atoms with E-state index in [4.69, 9.17) is 14.5 Å². The molecule has 1 aliphatic rings. The van der Waals surface area contributed by atoms with Crippen molar-refractivity contribution in [3.63, 3.8) is 0 Å². The van der Waals surface area contributed by atoms with Crippen molar-refractivity contribution in [2.45, 2.75) is 25.8 Å². The van der Waals surface area contributed by atoms with E-state index in [1.165, 1.54) is 0 Å². The topological polar surface area (TPSA) is 56.6 Å². The number of rotatable bonds is 6. The van der Waals surface area contributed by atoms with Crippen molar-refractivity contribution in [1.82, 2.24) is 14.5 Å². The monoisotopic (exact) mass is 379 g/mol. The zero-order chi connectivity index (χ0) is 19.5. The lowest BCUT2D eigenvalue weighted by Crippen LogP contribution is -2.31. The van der Waals surface area contributed by atoms with Crippen LogP contribution in [0.1, 0.15) is 24.2 Å². The summed E-state index contributed by atoms with van der Waals surface area (Å²) in [5.74, 6) is 2.43. The smallest absolute Gasteiger partial charge is 0.242 e. The van der Waals surface area contributed by atoms with Gasteiger partial charge < -0.3 is 18.9 Å². The molecule has 0 spiro atoms. The van der Waals surface area contributed by atoms with E-state index in [1.54, 1.807) is 14.2 Å². The van der Waals surface area contributed by atoms with Crippen LogP contribution in [0.3, 0.4) is 0 Å². The fraction of sp³-hybridized carbons (Fsp3) is 0.364. The number of para-hydroxylation sites is 2. The number of aromatic nitrogens is 2. The van der Waals surface area contributed by atoms with Crippen molar-refractivity contribution in [3.8, 4) is 11.5 Å². The minimum atomic E-state index is 0.161. The van der Waals surface area contributed by atoms with Gasteiger partial charge in [0, 0.05) is 19.5 Å². The van der Waals surface area contributed by atoms with E-state index in [0.29, 0.717) is 24.5 Å². The van der Waals surface area contributed by atoms with Crippen LogP contribution in [0.5, 0.6) is 11.5 Å². The van der Waals surface area contributed by atoms with E-state index in [9.17, 15) is 4.79 Å². The Labute approximate surface area is 164 Å². The van der Waals surface area contributed by atoms with Gasteiger partial charge in [0.2, 0.25) is 5.91 Å². The van der Waals surface area contributed by atoms with E-state index in [2.05, 4.69) is 0 Å². The third kappa shape index (κ3) is 3.54. The van der Waals surface area contributed by atoms with Gasteiger partial charge in [-0.05, 0) is 42.7 Å². The Morgan fingerprint density at radius 3 is 2.54 bits per heavy atom. The van der Waals surface area contributed by atoms with Crippen LogP contribution < -0.4 is 9.47 Å². The average molecular weight is 379 g/mol. The molecule has 0 saturated carbocycles. The molecule has 0 unspecified atom stereocenters. The summed E-state index contributed by atoms with van der Waals surface area (Å²) in [5.41, 5.74) is 2.96. The molecule has 146 valence electrons. The van der Waals surface area contributed by atoms with Crippen LogP contribution >= 0.6 is 0 Å². The minimum absolute atomic E-state index is 0.161. The van der Waals surface area contributed by atoms with Gasteiger partial charge in [-0.15, -0.1) is 0 Å². The standard InChI is InChI=1S/C22H25N3O3/c1-27-19-10-9-16(13-20(19)28-2)14-21-23-17-7-3-4-8-18(17)25(21)15-22(26)24-11-5-6-12-24/h3-4,7-10,13H,5-6,11-12,14-15H2,1-2H3. The second-order valence-electron chi connectivity index (χ2n) is 7.06. The SMILES string of the molecule is COc1ccc(Cc2nc3ccccc3n2CC(=O)N2CCCC2)cc1OC. The van der Waals surface area contributed by atoms with Crippen molar-refractivity contribution in [2.24, 2.45) is 0 Å². The van der Waals surface area contributed by atoms with Crippen LogP contribution in [-0.4, -0.2) is 47.7 Å². The second kappa shape index (κ2) is 7.92. The quantitative estimate of drug-likeness (QED) is 0.660. The maximum atomic E-state index is 12.8. The van der Waals surface area contributed by atoms with Gasteiger partial charge in [-0.3, -0.25) is 4.79 Å². The summed E-state index contributed by atoms with van der Waals surface area (Å²) in [7, 11) is 3.26. The number of carbonyl (C=O) groups is 1. The van der Waals surface area contributed by atoms with Crippen molar-refractivity contribution in [3.05, 3.63) is 53.9 Å². The third-order valence-corrected chi connectivity index (χ3v) is 5.30. The van der Waals surface area contributed by atoms with Crippen LogP contribution in [0.25, 0.3) is 11.0 Å². The normalized spacial score (nSPS) is 13.9. The predicted octanol–water partition coefficient (Wildman–Crippen LogP) is 3.27. The maximum Gasteiger partial charge on any atom is 0.242 e. The molecule has 1 aromatic heterocycles. The number of imidazole rings is 1. The maximum absolute atomic E-state index is 12.8. The van der Waals surface area contributed by atoms with E-state index < -0.39 is 0 Å². The molecular formula is C22H25N3O3. The lowest BCUT2D eigenvalue weighted by atomic mass is 10.1. The number of carbonyl (C=O) groups excluding carboxylic acids is 1. The molecule has 4 rings (SSSR count). The molecular weight excluding hydrogens is 354 g/mol. The molecule has 0 bridgehead atoms. The molecule has 2 aromatic carbocycles. The highest BCUT2D eigenvalue weighted by atomic mass is 16.5. The Morgan fingerprint density at radius 1 is 1.04 bits per heavy atom. The van der Waals surface area contributed by atoms with E-state index in [0.717, 1.165) is 48.4 Å². The first-order valence-electron chi connectivity index (χ1n) is 9.62. The summed E-state index contributed by atoms with van der Waals surface area (Å²) in [5, 5.41) is 0. The fourth-order valence-electron chi connectivity index (χ4n) is 3.81. The molecule has 0 radical (unpaired) electrons. The van der Waals surface area contributed by atoms with Crippen LogP contribution in [0, 0.1) is 0 Å². The summed E-state index contributed by atoms with van der Waals surface area (Å²) >= 11 is 0. The highest BCUT2D eigenvalue weighted by molar-refractivity contribution is 5.81. The highest BCUT2D eigenvalue weighted by Gasteiger charge is 2.21. The number of nitrogens with zero attached hydrogens (tertiary/aromatic N) is 3. The first-order valence-corrected chi connectivity index (χ1v) is 9.62. The van der Waals surface area contributed by atoms with Crippen LogP contribution in [0.15, 0.2) is 42.5 Å². The number of benzene rings is 2. The lowest BCUT2D eigenvalue weighted by Gasteiger charge is -2.17. The van der Waals surface area contributed by atoms with Gasteiger partial charge in [-0.1, -0.05) is 18.2 Å². The van der Waals surface area contributed by atoms with Gasteiger partial charge in [0.1, 0.15) is 12.4 Å². The number of fused-ring (bicyclic) bond motifs is 1. The van der Waals surface area contributed by atoms with E-state index in [-0.39, 0.29) is 5.91 Å². The Morgan fingerprint density at radius 2 is 1.79 bits per heavy atom. The largest absolute Gasteiger partial charge is 0.493 e. The zero-order valence-corrected chi connectivity index (χ0v) is 16.4. The summed E-state index contributed by atoms with van der Waals surface area (Å²) in [6.45, 7) is 2.04. The third-order valence-electron chi connectivity index (χ3n) is 5.30. The molecule has 0 N–H and O–H groups in total. The zero-order valence-electron chi connectivity index (χ0n) is 16.4. The molecule has 0 aliphatic carbocycles. The predicted molar refractivity (Wildman–Crippen MR) is 108 cm³/mol. The Bertz CT molecular complexity index is 990. The van der Waals surface area contributed by atoms with Gasteiger partial charge in [0.25, 0.3) is 0 Å². The molecule has 28 heavy (non-hydrogen) atoms. The lowest BCUT2D eigenvalue weighted by molar-refractivity contribution is -0.130. The Kier molecular flexibility index (Phi) is 5.19. The molecule has 1 fully saturated rings. The van der Waals surface area contributed by atoms with Gasteiger partial charge in [0.05, 0.1) is 25.3 Å². The van der Waals surface area contributed by atoms with Gasteiger partial charge >= 0.3 is 0 Å².